The van der Waals surface area contributed by atoms with E-state index in [0.717, 1.165) is 25.8 Å². The number of rotatable bonds is 6. The molecule has 0 aromatic rings. The van der Waals surface area contributed by atoms with Crippen molar-refractivity contribution < 1.29 is 14.6 Å². The Hall–Kier alpha value is -0.610. The smallest absolute Gasteiger partial charge is 0.308 e. The van der Waals surface area contributed by atoms with Crippen LogP contribution in [0.3, 0.4) is 0 Å². The molecule has 0 heterocycles. The molecule has 0 saturated heterocycles. The van der Waals surface area contributed by atoms with Gasteiger partial charge in [-0.2, -0.15) is 0 Å². The summed E-state index contributed by atoms with van der Waals surface area (Å²) in [4.78, 5) is 13.7. The second-order valence-corrected chi connectivity index (χ2v) is 5.57. The van der Waals surface area contributed by atoms with Crippen molar-refractivity contribution in [3.63, 3.8) is 0 Å². The van der Waals surface area contributed by atoms with Crippen molar-refractivity contribution in [3.8, 4) is 0 Å². The molecule has 18 heavy (non-hydrogen) atoms. The maximum Gasteiger partial charge on any atom is 0.308 e. The lowest BCUT2D eigenvalue weighted by atomic mass is 9.78. The minimum absolute atomic E-state index is 0.154. The maximum absolute atomic E-state index is 11.4. The van der Waals surface area contributed by atoms with E-state index in [-0.39, 0.29) is 18.0 Å². The fraction of sp³-hybridized carbons (Fsp3) is 0.929. The molecule has 0 bridgehead atoms. The summed E-state index contributed by atoms with van der Waals surface area (Å²) in [6, 6.07) is 0.429. The van der Waals surface area contributed by atoms with Gasteiger partial charge in [-0.25, -0.2) is 0 Å². The number of nitrogens with zero attached hydrogens (tertiary/aromatic N) is 1. The predicted molar refractivity (Wildman–Crippen MR) is 71.6 cm³/mol. The first-order valence-corrected chi connectivity index (χ1v) is 6.98. The minimum Gasteiger partial charge on any atom is -0.481 e. The third-order valence-electron chi connectivity index (χ3n) is 4.16. The normalized spacial score (nSPS) is 30.4. The number of carboxylic acid groups (broad SMARTS) is 1. The van der Waals surface area contributed by atoms with Gasteiger partial charge in [0.05, 0.1) is 12.5 Å². The lowest BCUT2D eigenvalue weighted by molar-refractivity contribution is -0.147. The predicted octanol–water partition coefficient (Wildman–Crippen LogP) is 2.23. The van der Waals surface area contributed by atoms with Gasteiger partial charge < -0.3 is 9.84 Å². The zero-order valence-corrected chi connectivity index (χ0v) is 12.1. The fourth-order valence-corrected chi connectivity index (χ4v) is 3.22. The summed E-state index contributed by atoms with van der Waals surface area (Å²) in [5.41, 5.74) is 0. The van der Waals surface area contributed by atoms with Crippen molar-refractivity contribution in [2.75, 3.05) is 20.3 Å². The van der Waals surface area contributed by atoms with Gasteiger partial charge in [0.25, 0.3) is 0 Å². The summed E-state index contributed by atoms with van der Waals surface area (Å²) in [5, 5.41) is 9.39. The van der Waals surface area contributed by atoms with E-state index in [1.54, 1.807) is 7.11 Å². The average Bonchev–Trinajstić information content (AvgIpc) is 2.30. The molecule has 106 valence electrons. The van der Waals surface area contributed by atoms with Crippen LogP contribution in [0.15, 0.2) is 0 Å². The van der Waals surface area contributed by atoms with Gasteiger partial charge in [-0.05, 0) is 38.6 Å². The molecule has 4 heteroatoms. The van der Waals surface area contributed by atoms with E-state index in [0.29, 0.717) is 12.5 Å². The van der Waals surface area contributed by atoms with Crippen molar-refractivity contribution in [1.29, 1.82) is 0 Å². The van der Waals surface area contributed by atoms with Crippen molar-refractivity contribution >= 4 is 5.97 Å². The summed E-state index contributed by atoms with van der Waals surface area (Å²) in [7, 11) is 1.70. The monoisotopic (exact) mass is 257 g/mol. The van der Waals surface area contributed by atoms with Gasteiger partial charge in [0, 0.05) is 19.2 Å². The van der Waals surface area contributed by atoms with E-state index in [4.69, 9.17) is 4.74 Å². The molecule has 0 aliphatic heterocycles. The first-order chi connectivity index (χ1) is 8.51. The molecule has 0 spiro atoms. The quantitative estimate of drug-likeness (QED) is 0.793. The van der Waals surface area contributed by atoms with Crippen molar-refractivity contribution in [3.05, 3.63) is 0 Å². The largest absolute Gasteiger partial charge is 0.481 e. The van der Waals surface area contributed by atoms with Crippen molar-refractivity contribution in [2.24, 2.45) is 11.8 Å². The molecule has 1 aliphatic rings. The number of ether oxygens (including phenoxy) is 1. The van der Waals surface area contributed by atoms with E-state index in [1.165, 1.54) is 0 Å². The van der Waals surface area contributed by atoms with Gasteiger partial charge in [0.2, 0.25) is 0 Å². The number of carbonyl (C=O) groups is 1. The standard InChI is InChI=1S/C14H27NO3/c1-5-15(11(3)9-18-4)13-8-10(2)6-7-12(13)14(16)17/h10-13H,5-9H2,1-4H3,(H,16,17). The first-order valence-electron chi connectivity index (χ1n) is 6.98. The highest BCUT2D eigenvalue weighted by Crippen LogP contribution is 2.33. The van der Waals surface area contributed by atoms with Crippen molar-refractivity contribution in [2.45, 2.75) is 52.1 Å². The number of carboxylic acids is 1. The van der Waals surface area contributed by atoms with Gasteiger partial charge in [-0.1, -0.05) is 13.8 Å². The highest BCUT2D eigenvalue weighted by Gasteiger charge is 2.38. The Morgan fingerprint density at radius 1 is 1.50 bits per heavy atom. The molecule has 1 rings (SSSR count). The lowest BCUT2D eigenvalue weighted by Gasteiger charge is -2.42. The Balaban J connectivity index is 2.80. The van der Waals surface area contributed by atoms with Crippen LogP contribution in [-0.2, 0) is 9.53 Å². The van der Waals surface area contributed by atoms with Crippen LogP contribution in [-0.4, -0.2) is 48.3 Å². The topological polar surface area (TPSA) is 49.8 Å². The van der Waals surface area contributed by atoms with E-state index >= 15 is 0 Å². The number of hydrogen-bond acceptors (Lipinski definition) is 3. The van der Waals surface area contributed by atoms with E-state index < -0.39 is 5.97 Å². The number of likely N-dealkylation sites (N-methyl/N-ethyl adjacent to an activating group) is 1. The highest BCUT2D eigenvalue weighted by atomic mass is 16.5. The summed E-state index contributed by atoms with van der Waals surface area (Å²) in [5.74, 6) is -0.246. The van der Waals surface area contributed by atoms with Crippen LogP contribution in [0, 0.1) is 11.8 Å². The van der Waals surface area contributed by atoms with Crippen molar-refractivity contribution in [1.82, 2.24) is 4.90 Å². The Morgan fingerprint density at radius 3 is 2.67 bits per heavy atom. The molecule has 4 unspecified atom stereocenters. The van der Waals surface area contributed by atoms with Crippen LogP contribution < -0.4 is 0 Å². The van der Waals surface area contributed by atoms with Gasteiger partial charge in [-0.3, -0.25) is 9.69 Å². The molecule has 1 saturated carbocycles. The Labute approximate surface area is 110 Å². The molecule has 0 aromatic carbocycles. The minimum atomic E-state index is -0.644. The summed E-state index contributed by atoms with van der Waals surface area (Å²) < 4.78 is 5.21. The molecule has 1 fully saturated rings. The van der Waals surface area contributed by atoms with Crippen LogP contribution >= 0.6 is 0 Å². The Bertz CT molecular complexity index is 270. The van der Waals surface area contributed by atoms with E-state index in [2.05, 4.69) is 25.7 Å². The molecule has 4 nitrogen and oxygen atoms in total. The second kappa shape index (κ2) is 7.10. The van der Waals surface area contributed by atoms with Gasteiger partial charge in [0.1, 0.15) is 0 Å². The van der Waals surface area contributed by atoms with Gasteiger partial charge in [-0.15, -0.1) is 0 Å². The van der Waals surface area contributed by atoms with Gasteiger partial charge in [0.15, 0.2) is 0 Å². The lowest BCUT2D eigenvalue weighted by Crippen LogP contribution is -2.51. The third-order valence-corrected chi connectivity index (χ3v) is 4.16. The Morgan fingerprint density at radius 2 is 2.17 bits per heavy atom. The van der Waals surface area contributed by atoms with Crippen LogP contribution in [0.5, 0.6) is 0 Å². The summed E-state index contributed by atoms with van der Waals surface area (Å²) >= 11 is 0. The maximum atomic E-state index is 11.4. The van der Waals surface area contributed by atoms with Gasteiger partial charge >= 0.3 is 5.97 Å². The molecule has 0 radical (unpaired) electrons. The molecular formula is C14H27NO3. The fourth-order valence-electron chi connectivity index (χ4n) is 3.22. The number of methoxy groups -OCH3 is 1. The third kappa shape index (κ3) is 3.69. The van der Waals surface area contributed by atoms with Crippen LogP contribution in [0.2, 0.25) is 0 Å². The van der Waals surface area contributed by atoms with E-state index in [1.807, 2.05) is 0 Å². The highest BCUT2D eigenvalue weighted by molar-refractivity contribution is 5.71. The number of aliphatic carboxylic acids is 1. The summed E-state index contributed by atoms with van der Waals surface area (Å²) in [6.07, 6.45) is 2.82. The average molecular weight is 257 g/mol. The summed E-state index contributed by atoms with van der Waals surface area (Å²) in [6.45, 7) is 7.98. The van der Waals surface area contributed by atoms with Crippen LogP contribution in [0.1, 0.15) is 40.0 Å². The molecule has 4 atom stereocenters. The van der Waals surface area contributed by atoms with E-state index in [9.17, 15) is 9.90 Å². The molecule has 1 N–H and O–H groups in total. The molecule has 0 amide bonds. The van der Waals surface area contributed by atoms with Crippen LogP contribution in [0.4, 0.5) is 0 Å². The SMILES string of the molecule is CCN(C(C)COC)C1CC(C)CCC1C(=O)O. The Kier molecular flexibility index (Phi) is 6.09. The zero-order valence-electron chi connectivity index (χ0n) is 12.1. The molecular weight excluding hydrogens is 230 g/mol. The second-order valence-electron chi connectivity index (χ2n) is 5.57. The molecule has 0 aromatic heterocycles. The number of hydrogen-bond donors (Lipinski definition) is 1. The zero-order chi connectivity index (χ0) is 13.7. The first kappa shape index (κ1) is 15.4. The molecule has 1 aliphatic carbocycles. The van der Waals surface area contributed by atoms with Crippen LogP contribution in [0.25, 0.3) is 0 Å².